The summed E-state index contributed by atoms with van der Waals surface area (Å²) in [6.45, 7) is 0.339. The lowest BCUT2D eigenvalue weighted by atomic mass is 10.1. The van der Waals surface area contributed by atoms with E-state index in [2.05, 4.69) is 10.6 Å². The fraction of sp³-hybridized carbons (Fsp3) is 0.500. The topological polar surface area (TPSA) is 88.9 Å². The quantitative estimate of drug-likeness (QED) is 0.483. The van der Waals surface area contributed by atoms with Crippen molar-refractivity contribution in [3.63, 3.8) is 0 Å². The van der Waals surface area contributed by atoms with Gasteiger partial charge in [0, 0.05) is 12.5 Å². The molecular formula is C18H26N3O4+. The molecule has 1 aromatic carbocycles. The number of benzene rings is 1. The van der Waals surface area contributed by atoms with Crippen molar-refractivity contribution >= 4 is 17.8 Å². The standard InChI is InChI=1S/C18H25N3O4/c1-21(11-16(22)19-14-8-9-14)12-17(23)20-15(18(24)25-2)10-13-6-4-3-5-7-13/h3-7,14-15H,8-12H2,1-2H3,(H,19,22)(H,20,23)/p+1/t15-/m0/s1. The van der Waals surface area contributed by atoms with Crippen molar-refractivity contribution in [3.05, 3.63) is 35.9 Å². The zero-order chi connectivity index (χ0) is 18.2. The maximum absolute atomic E-state index is 12.2. The van der Waals surface area contributed by atoms with E-state index in [1.807, 2.05) is 30.3 Å². The first-order valence-electron chi connectivity index (χ1n) is 8.49. The molecule has 0 spiro atoms. The zero-order valence-electron chi connectivity index (χ0n) is 14.7. The number of carbonyl (C=O) groups excluding carboxylic acids is 3. The van der Waals surface area contributed by atoms with Crippen molar-refractivity contribution in [3.8, 4) is 0 Å². The molecule has 0 aromatic heterocycles. The highest BCUT2D eigenvalue weighted by molar-refractivity contribution is 5.85. The zero-order valence-corrected chi connectivity index (χ0v) is 14.7. The number of methoxy groups -OCH3 is 1. The molecule has 3 N–H and O–H groups in total. The van der Waals surface area contributed by atoms with E-state index in [1.165, 1.54) is 7.11 Å². The van der Waals surface area contributed by atoms with Crippen LogP contribution in [0.1, 0.15) is 18.4 Å². The van der Waals surface area contributed by atoms with Crippen LogP contribution in [0.3, 0.4) is 0 Å². The monoisotopic (exact) mass is 348 g/mol. The van der Waals surface area contributed by atoms with Crippen LogP contribution in [0.4, 0.5) is 0 Å². The Hall–Kier alpha value is -2.41. The van der Waals surface area contributed by atoms with Crippen LogP contribution >= 0.6 is 0 Å². The predicted octanol–water partition coefficient (Wildman–Crippen LogP) is -1.32. The van der Waals surface area contributed by atoms with Gasteiger partial charge in [-0.25, -0.2) is 4.79 Å². The van der Waals surface area contributed by atoms with Crippen molar-refractivity contribution in [1.29, 1.82) is 0 Å². The van der Waals surface area contributed by atoms with E-state index >= 15 is 0 Å². The molecule has 136 valence electrons. The van der Waals surface area contributed by atoms with Crippen molar-refractivity contribution in [2.75, 3.05) is 27.2 Å². The molecule has 1 fully saturated rings. The summed E-state index contributed by atoms with van der Waals surface area (Å²) >= 11 is 0. The fourth-order valence-corrected chi connectivity index (χ4v) is 2.55. The molecule has 2 amide bonds. The summed E-state index contributed by atoms with van der Waals surface area (Å²) in [5.41, 5.74) is 0.933. The summed E-state index contributed by atoms with van der Waals surface area (Å²) in [6, 6.07) is 8.99. The Morgan fingerprint density at radius 1 is 1.16 bits per heavy atom. The molecule has 7 heteroatoms. The molecule has 0 radical (unpaired) electrons. The first-order valence-corrected chi connectivity index (χ1v) is 8.49. The van der Waals surface area contributed by atoms with Gasteiger partial charge >= 0.3 is 5.97 Å². The van der Waals surface area contributed by atoms with Gasteiger partial charge in [0.1, 0.15) is 6.04 Å². The van der Waals surface area contributed by atoms with Gasteiger partial charge in [-0.1, -0.05) is 30.3 Å². The SMILES string of the molecule is COC(=O)[C@H](Cc1ccccc1)NC(=O)C[NH+](C)CC(=O)NC1CC1. The molecule has 1 unspecified atom stereocenters. The van der Waals surface area contributed by atoms with E-state index in [9.17, 15) is 14.4 Å². The average Bonchev–Trinajstić information content (AvgIpc) is 3.37. The minimum atomic E-state index is -0.743. The van der Waals surface area contributed by atoms with E-state index in [0.29, 0.717) is 12.5 Å². The lowest BCUT2D eigenvalue weighted by Gasteiger charge is -2.18. The molecule has 0 aliphatic heterocycles. The molecule has 1 aliphatic carbocycles. The van der Waals surface area contributed by atoms with Crippen molar-refractivity contribution < 1.29 is 24.0 Å². The summed E-state index contributed by atoms with van der Waals surface area (Å²) in [7, 11) is 3.07. The first kappa shape index (κ1) is 18.9. The number of hydrogen-bond donors (Lipinski definition) is 3. The van der Waals surface area contributed by atoms with Crippen LogP contribution in [0.2, 0.25) is 0 Å². The van der Waals surface area contributed by atoms with E-state index in [-0.39, 0.29) is 24.9 Å². The number of likely N-dealkylation sites (N-methyl/N-ethyl adjacent to an activating group) is 1. The molecule has 1 aliphatic rings. The number of hydrogen-bond acceptors (Lipinski definition) is 4. The van der Waals surface area contributed by atoms with Crippen molar-refractivity contribution in [1.82, 2.24) is 10.6 Å². The third kappa shape index (κ3) is 6.93. The highest BCUT2D eigenvalue weighted by Gasteiger charge is 2.26. The van der Waals surface area contributed by atoms with Crippen LogP contribution < -0.4 is 15.5 Å². The maximum atomic E-state index is 12.2. The Balaban J connectivity index is 1.83. The number of quaternary nitrogens is 1. The Kier molecular flexibility index (Phi) is 6.94. The van der Waals surface area contributed by atoms with Gasteiger partial charge in [-0.15, -0.1) is 0 Å². The third-order valence-electron chi connectivity index (χ3n) is 3.97. The van der Waals surface area contributed by atoms with Crippen LogP contribution in [0.25, 0.3) is 0 Å². The normalized spacial score (nSPS) is 15.8. The molecule has 2 atom stereocenters. The smallest absolute Gasteiger partial charge is 0.328 e. The second-order valence-electron chi connectivity index (χ2n) is 6.49. The van der Waals surface area contributed by atoms with Crippen molar-refractivity contribution in [2.45, 2.75) is 31.3 Å². The molecule has 25 heavy (non-hydrogen) atoms. The van der Waals surface area contributed by atoms with Crippen LogP contribution in [-0.4, -0.2) is 57.1 Å². The van der Waals surface area contributed by atoms with Gasteiger partial charge in [0.2, 0.25) is 0 Å². The third-order valence-corrected chi connectivity index (χ3v) is 3.97. The Morgan fingerprint density at radius 2 is 1.80 bits per heavy atom. The van der Waals surface area contributed by atoms with Crippen LogP contribution in [0, 0.1) is 0 Å². The molecule has 0 bridgehead atoms. The number of rotatable bonds is 9. The van der Waals surface area contributed by atoms with Gasteiger partial charge in [0.15, 0.2) is 13.1 Å². The Bertz CT molecular complexity index is 602. The van der Waals surface area contributed by atoms with Gasteiger partial charge in [-0.2, -0.15) is 0 Å². The largest absolute Gasteiger partial charge is 0.467 e. The summed E-state index contributed by atoms with van der Waals surface area (Å²) in [4.78, 5) is 36.7. The van der Waals surface area contributed by atoms with Crippen LogP contribution in [0.5, 0.6) is 0 Å². The lowest BCUT2D eigenvalue weighted by molar-refractivity contribution is -0.862. The molecule has 1 aromatic rings. The minimum Gasteiger partial charge on any atom is -0.467 e. The van der Waals surface area contributed by atoms with E-state index in [4.69, 9.17) is 4.74 Å². The van der Waals surface area contributed by atoms with E-state index in [0.717, 1.165) is 23.3 Å². The second kappa shape index (κ2) is 9.17. The van der Waals surface area contributed by atoms with Gasteiger partial charge in [-0.3, -0.25) is 9.59 Å². The first-order chi connectivity index (χ1) is 12.0. The van der Waals surface area contributed by atoms with Gasteiger partial charge in [0.05, 0.1) is 14.2 Å². The number of amides is 2. The molecular weight excluding hydrogens is 322 g/mol. The molecule has 2 rings (SSSR count). The molecule has 1 saturated carbocycles. The maximum Gasteiger partial charge on any atom is 0.328 e. The summed E-state index contributed by atoms with van der Waals surface area (Å²) < 4.78 is 4.78. The number of esters is 1. The van der Waals surface area contributed by atoms with E-state index < -0.39 is 12.0 Å². The molecule has 0 saturated heterocycles. The fourth-order valence-electron chi connectivity index (χ4n) is 2.55. The summed E-state index contributed by atoms with van der Waals surface area (Å²) in [5.74, 6) is -0.828. The highest BCUT2D eigenvalue weighted by atomic mass is 16.5. The molecule has 7 nitrogen and oxygen atoms in total. The lowest BCUT2D eigenvalue weighted by Crippen LogP contribution is -3.11. The van der Waals surface area contributed by atoms with Gasteiger partial charge < -0.3 is 20.3 Å². The van der Waals surface area contributed by atoms with Crippen LogP contribution in [0.15, 0.2) is 30.3 Å². The summed E-state index contributed by atoms with van der Waals surface area (Å²) in [5, 5.41) is 5.60. The Labute approximate surface area is 147 Å². The van der Waals surface area contributed by atoms with Gasteiger partial charge in [0.25, 0.3) is 11.8 Å². The summed E-state index contributed by atoms with van der Waals surface area (Å²) in [6.07, 6.45) is 2.43. The minimum absolute atomic E-state index is 0.0541. The Morgan fingerprint density at radius 3 is 2.40 bits per heavy atom. The average molecular weight is 348 g/mol. The molecule has 0 heterocycles. The van der Waals surface area contributed by atoms with Crippen LogP contribution in [-0.2, 0) is 25.5 Å². The number of ether oxygens (including phenoxy) is 1. The van der Waals surface area contributed by atoms with E-state index in [1.54, 1.807) is 7.05 Å². The second-order valence-corrected chi connectivity index (χ2v) is 6.49. The predicted molar refractivity (Wildman–Crippen MR) is 91.9 cm³/mol. The van der Waals surface area contributed by atoms with Crippen molar-refractivity contribution in [2.24, 2.45) is 0 Å². The number of nitrogens with one attached hydrogen (secondary N) is 3. The van der Waals surface area contributed by atoms with Gasteiger partial charge in [-0.05, 0) is 18.4 Å². The number of carbonyl (C=O) groups is 3. The highest BCUT2D eigenvalue weighted by Crippen LogP contribution is 2.17.